The average Bonchev–Trinajstić information content (AvgIpc) is 2.47. The number of rotatable bonds is 3. The molecule has 0 radical (unpaired) electrons. The Balaban J connectivity index is 2.01. The number of nitrogens with zero attached hydrogens (tertiary/aromatic N) is 1. The van der Waals surface area contributed by atoms with Crippen LogP contribution in [0.2, 0.25) is 0 Å². The third kappa shape index (κ3) is 4.10. The van der Waals surface area contributed by atoms with Gasteiger partial charge in [-0.15, -0.1) is 0 Å². The van der Waals surface area contributed by atoms with E-state index in [1.54, 1.807) is 18.2 Å². The molecule has 1 aliphatic rings. The van der Waals surface area contributed by atoms with Crippen molar-refractivity contribution in [3.63, 3.8) is 0 Å². The Morgan fingerprint density at radius 3 is 2.86 bits per heavy atom. The molecule has 1 aromatic rings. The molecule has 1 atom stereocenters. The fraction of sp³-hybridized carbons (Fsp3) is 0.429. The number of nitrogens with one attached hydrogen (secondary N) is 1. The molecule has 1 unspecified atom stereocenters. The van der Waals surface area contributed by atoms with Crippen LogP contribution in [0.15, 0.2) is 22.7 Å². The molecule has 1 heterocycles. The van der Waals surface area contributed by atoms with Gasteiger partial charge in [-0.2, -0.15) is 0 Å². The van der Waals surface area contributed by atoms with Gasteiger partial charge >= 0.3 is 6.03 Å². The molecular formula is C14H19BrN4O2. The highest BCUT2D eigenvalue weighted by molar-refractivity contribution is 9.10. The highest BCUT2D eigenvalue weighted by Crippen LogP contribution is 2.23. The number of primary amides is 1. The highest BCUT2D eigenvalue weighted by atomic mass is 79.9. The molecule has 1 aliphatic heterocycles. The van der Waals surface area contributed by atoms with E-state index in [2.05, 4.69) is 21.2 Å². The smallest absolute Gasteiger partial charge is 0.312 e. The molecule has 0 spiro atoms. The van der Waals surface area contributed by atoms with Crippen LogP contribution in [0, 0.1) is 5.92 Å². The van der Waals surface area contributed by atoms with Gasteiger partial charge in [0.1, 0.15) is 0 Å². The average molecular weight is 355 g/mol. The second kappa shape index (κ2) is 6.80. The van der Waals surface area contributed by atoms with Crippen LogP contribution in [0.4, 0.5) is 10.5 Å². The number of benzene rings is 1. The van der Waals surface area contributed by atoms with Gasteiger partial charge in [0.05, 0.1) is 0 Å². The van der Waals surface area contributed by atoms with Crippen LogP contribution in [0.3, 0.4) is 0 Å². The molecular weight excluding hydrogens is 336 g/mol. The molecule has 21 heavy (non-hydrogen) atoms. The topological polar surface area (TPSA) is 101 Å². The molecule has 2 rings (SSSR count). The minimum absolute atomic E-state index is 0.0144. The van der Waals surface area contributed by atoms with Gasteiger partial charge in [0.2, 0.25) is 0 Å². The summed E-state index contributed by atoms with van der Waals surface area (Å²) in [6.07, 6.45) is 1.91. The molecule has 3 amide bonds. The number of hydrogen-bond donors (Lipinski definition) is 3. The van der Waals surface area contributed by atoms with Crippen LogP contribution in [-0.4, -0.2) is 36.5 Å². The Morgan fingerprint density at radius 2 is 2.19 bits per heavy atom. The zero-order valence-electron chi connectivity index (χ0n) is 11.6. The van der Waals surface area contributed by atoms with Crippen molar-refractivity contribution in [1.29, 1.82) is 0 Å². The summed E-state index contributed by atoms with van der Waals surface area (Å²) in [5.74, 6) is 0.229. The first kappa shape index (κ1) is 15.6. The predicted molar refractivity (Wildman–Crippen MR) is 84.8 cm³/mol. The first-order chi connectivity index (χ1) is 9.97. The predicted octanol–water partition coefficient (Wildman–Crippen LogP) is 1.55. The summed E-state index contributed by atoms with van der Waals surface area (Å²) < 4.78 is 0.720. The second-order valence-corrected chi connectivity index (χ2v) is 6.10. The van der Waals surface area contributed by atoms with Crippen molar-refractivity contribution in [3.05, 3.63) is 28.2 Å². The fourth-order valence-corrected chi connectivity index (χ4v) is 2.88. The zero-order valence-corrected chi connectivity index (χ0v) is 13.2. The molecule has 0 bridgehead atoms. The monoisotopic (exact) mass is 354 g/mol. The van der Waals surface area contributed by atoms with E-state index < -0.39 is 6.03 Å². The van der Waals surface area contributed by atoms with Crippen LogP contribution in [0.25, 0.3) is 0 Å². The summed E-state index contributed by atoms with van der Waals surface area (Å²) in [5, 5.41) is 2.61. The highest BCUT2D eigenvalue weighted by Gasteiger charge is 2.24. The van der Waals surface area contributed by atoms with E-state index in [1.165, 1.54) is 0 Å². The number of piperidine rings is 1. The maximum atomic E-state index is 12.5. The van der Waals surface area contributed by atoms with E-state index in [4.69, 9.17) is 11.5 Å². The Bertz CT molecular complexity index is 550. The Kier molecular flexibility index (Phi) is 5.06. The number of carbonyl (C=O) groups excluding carboxylic acids is 2. The standard InChI is InChI=1S/C14H19BrN4O2/c15-11-6-10(3-4-12(11)16)13(20)19-5-1-2-9(8-19)7-18-14(17)21/h3-4,6,9H,1-2,5,7-8,16H2,(H3,17,18,21). The normalized spacial score (nSPS) is 18.3. The van der Waals surface area contributed by atoms with Crippen molar-refractivity contribution in [2.75, 3.05) is 25.4 Å². The van der Waals surface area contributed by atoms with Gasteiger partial charge in [-0.3, -0.25) is 4.79 Å². The SMILES string of the molecule is NC(=O)NCC1CCCN(C(=O)c2ccc(N)c(Br)c2)C1. The largest absolute Gasteiger partial charge is 0.398 e. The van der Waals surface area contributed by atoms with Gasteiger partial charge in [0.25, 0.3) is 5.91 Å². The summed E-state index contributed by atoms with van der Waals surface area (Å²) in [4.78, 5) is 25.1. The fourth-order valence-electron chi connectivity index (χ4n) is 2.50. The summed E-state index contributed by atoms with van der Waals surface area (Å²) >= 11 is 3.33. The number of carbonyl (C=O) groups is 2. The molecule has 0 aromatic heterocycles. The molecule has 7 heteroatoms. The zero-order chi connectivity index (χ0) is 15.4. The lowest BCUT2D eigenvalue weighted by atomic mass is 9.97. The number of urea groups is 1. The van der Waals surface area contributed by atoms with Gasteiger partial charge < -0.3 is 21.7 Å². The first-order valence-electron chi connectivity index (χ1n) is 6.85. The maximum Gasteiger partial charge on any atom is 0.312 e. The van der Waals surface area contributed by atoms with E-state index in [1.807, 2.05) is 4.90 Å². The number of nitrogen functional groups attached to an aromatic ring is 1. The Morgan fingerprint density at radius 1 is 1.43 bits per heavy atom. The molecule has 6 nitrogen and oxygen atoms in total. The van der Waals surface area contributed by atoms with Gasteiger partial charge in [0, 0.05) is 35.4 Å². The van der Waals surface area contributed by atoms with E-state index in [0.29, 0.717) is 24.3 Å². The van der Waals surface area contributed by atoms with Crippen molar-refractivity contribution < 1.29 is 9.59 Å². The molecule has 114 valence electrons. The number of nitrogens with two attached hydrogens (primary N) is 2. The Hall–Kier alpha value is -1.76. The van der Waals surface area contributed by atoms with Gasteiger partial charge in [-0.05, 0) is 52.9 Å². The summed E-state index contributed by atoms with van der Waals surface area (Å²) in [6, 6.07) is 4.66. The van der Waals surface area contributed by atoms with Crippen LogP contribution >= 0.6 is 15.9 Å². The molecule has 1 fully saturated rings. The van der Waals surface area contributed by atoms with E-state index >= 15 is 0 Å². The molecule has 0 saturated carbocycles. The number of likely N-dealkylation sites (tertiary alicyclic amines) is 1. The molecule has 1 saturated heterocycles. The minimum Gasteiger partial charge on any atom is -0.398 e. The van der Waals surface area contributed by atoms with Crippen molar-refractivity contribution in [3.8, 4) is 0 Å². The van der Waals surface area contributed by atoms with Gasteiger partial charge in [-0.1, -0.05) is 0 Å². The second-order valence-electron chi connectivity index (χ2n) is 5.24. The van der Waals surface area contributed by atoms with Crippen molar-refractivity contribution in [2.24, 2.45) is 11.7 Å². The van der Waals surface area contributed by atoms with Crippen LogP contribution in [0.1, 0.15) is 23.2 Å². The molecule has 0 aliphatic carbocycles. The quantitative estimate of drug-likeness (QED) is 0.717. The Labute approximate surface area is 132 Å². The van der Waals surface area contributed by atoms with Crippen LogP contribution in [-0.2, 0) is 0 Å². The van der Waals surface area contributed by atoms with Crippen molar-refractivity contribution >= 4 is 33.6 Å². The summed E-state index contributed by atoms with van der Waals surface area (Å²) in [6.45, 7) is 1.86. The third-order valence-corrected chi connectivity index (χ3v) is 4.31. The summed E-state index contributed by atoms with van der Waals surface area (Å²) in [7, 11) is 0. The van der Waals surface area contributed by atoms with Crippen molar-refractivity contribution in [1.82, 2.24) is 10.2 Å². The van der Waals surface area contributed by atoms with Crippen molar-refractivity contribution in [2.45, 2.75) is 12.8 Å². The first-order valence-corrected chi connectivity index (χ1v) is 7.64. The van der Waals surface area contributed by atoms with Crippen LogP contribution < -0.4 is 16.8 Å². The number of hydrogen-bond acceptors (Lipinski definition) is 3. The van der Waals surface area contributed by atoms with E-state index in [0.717, 1.165) is 23.9 Å². The van der Waals surface area contributed by atoms with Gasteiger partial charge in [-0.25, -0.2) is 4.79 Å². The van der Waals surface area contributed by atoms with E-state index in [-0.39, 0.29) is 11.8 Å². The third-order valence-electron chi connectivity index (χ3n) is 3.62. The van der Waals surface area contributed by atoms with Crippen LogP contribution in [0.5, 0.6) is 0 Å². The van der Waals surface area contributed by atoms with E-state index in [9.17, 15) is 9.59 Å². The lowest BCUT2D eigenvalue weighted by molar-refractivity contribution is 0.0675. The molecule has 5 N–H and O–H groups in total. The number of halogens is 1. The molecule has 1 aromatic carbocycles. The lowest BCUT2D eigenvalue weighted by Gasteiger charge is -2.33. The number of amides is 3. The minimum atomic E-state index is -0.527. The number of anilines is 1. The lowest BCUT2D eigenvalue weighted by Crippen LogP contribution is -2.44. The maximum absolute atomic E-state index is 12.5. The summed E-state index contributed by atoms with van der Waals surface area (Å²) in [5.41, 5.74) is 12.0. The van der Waals surface area contributed by atoms with Gasteiger partial charge in [0.15, 0.2) is 0 Å².